The van der Waals surface area contributed by atoms with Crippen molar-refractivity contribution in [3.63, 3.8) is 0 Å². The second-order valence-electron chi connectivity index (χ2n) is 3.45. The van der Waals surface area contributed by atoms with Crippen molar-refractivity contribution in [1.29, 1.82) is 0 Å². The Morgan fingerprint density at radius 1 is 0.409 bits per heavy atom. The molecule has 0 heterocycles. The number of halogens is 14. The summed E-state index contributed by atoms with van der Waals surface area (Å²) >= 11 is 0. The molecule has 0 aliphatic heterocycles. The Morgan fingerprint density at radius 3 is 0.727 bits per heavy atom. The summed E-state index contributed by atoms with van der Waals surface area (Å²) in [6.07, 6.45) is -8.53. The van der Waals surface area contributed by atoms with Crippen LogP contribution in [-0.4, -0.2) is 23.7 Å². The Labute approximate surface area is 110 Å². The number of allylic oxidation sites excluding steroid dienone is 2. The maximum Gasteiger partial charge on any atom is 0.385 e. The molecule has 0 rings (SSSR count). The average Bonchev–Trinajstić information content (AvgIpc) is 2.35. The third kappa shape index (κ3) is 2.74. The van der Waals surface area contributed by atoms with Crippen molar-refractivity contribution in [2.24, 2.45) is 0 Å². The lowest BCUT2D eigenvalue weighted by Gasteiger charge is -2.34. The van der Waals surface area contributed by atoms with E-state index in [-0.39, 0.29) is 0 Å². The fraction of sp³-hybridized carbons (Fsp3) is 0.500. The van der Waals surface area contributed by atoms with Crippen molar-refractivity contribution in [1.82, 2.24) is 0 Å². The Morgan fingerprint density at radius 2 is 0.591 bits per heavy atom. The van der Waals surface area contributed by atoms with Gasteiger partial charge in [-0.25, -0.2) is 0 Å². The molecule has 0 saturated carbocycles. The van der Waals surface area contributed by atoms with Crippen molar-refractivity contribution in [3.05, 3.63) is 23.8 Å². The zero-order valence-electron chi connectivity index (χ0n) is 9.29. The van der Waals surface area contributed by atoms with Crippen LogP contribution >= 0.6 is 0 Å². The second kappa shape index (κ2) is 5.61. The van der Waals surface area contributed by atoms with Gasteiger partial charge in [0, 0.05) is 0 Å². The van der Waals surface area contributed by atoms with Crippen LogP contribution in [0, 0.1) is 0 Å². The molecule has 130 valence electrons. The lowest BCUT2D eigenvalue weighted by molar-refractivity contribution is -0.355. The summed E-state index contributed by atoms with van der Waals surface area (Å²) in [7, 11) is 0. The summed E-state index contributed by atoms with van der Waals surface area (Å²) in [5.41, 5.74) is 0. The SMILES string of the molecule is FC(F)=C(F)C(F)(F)C(F)(F)C(F)(F)C(F)(F)C(F)=C(F)F. The van der Waals surface area contributed by atoms with Crippen LogP contribution in [0.25, 0.3) is 0 Å². The zero-order valence-corrected chi connectivity index (χ0v) is 9.29. The van der Waals surface area contributed by atoms with Crippen LogP contribution in [0.2, 0.25) is 0 Å². The van der Waals surface area contributed by atoms with E-state index in [1.54, 1.807) is 0 Å². The van der Waals surface area contributed by atoms with Gasteiger partial charge in [0.1, 0.15) is 0 Å². The number of alkyl halides is 8. The van der Waals surface area contributed by atoms with Crippen molar-refractivity contribution in [2.45, 2.75) is 23.7 Å². The van der Waals surface area contributed by atoms with Gasteiger partial charge in [0.2, 0.25) is 11.7 Å². The van der Waals surface area contributed by atoms with Gasteiger partial charge in [0.05, 0.1) is 0 Å². The van der Waals surface area contributed by atoms with Gasteiger partial charge < -0.3 is 0 Å². The number of hydrogen-bond acceptors (Lipinski definition) is 0. The van der Waals surface area contributed by atoms with Crippen molar-refractivity contribution in [2.75, 3.05) is 0 Å². The summed E-state index contributed by atoms with van der Waals surface area (Å²) in [6.45, 7) is 0. The molecule has 0 aliphatic carbocycles. The van der Waals surface area contributed by atoms with E-state index in [2.05, 4.69) is 0 Å². The van der Waals surface area contributed by atoms with Crippen molar-refractivity contribution >= 4 is 0 Å². The molecule has 0 saturated heterocycles. The van der Waals surface area contributed by atoms with Crippen LogP contribution < -0.4 is 0 Å². The summed E-state index contributed by atoms with van der Waals surface area (Å²) in [5, 5.41) is 0. The lowest BCUT2D eigenvalue weighted by Crippen LogP contribution is -2.62. The molecule has 0 atom stereocenters. The number of hydrogen-bond donors (Lipinski definition) is 0. The van der Waals surface area contributed by atoms with Gasteiger partial charge in [-0.3, -0.25) is 0 Å². The minimum atomic E-state index is -7.69. The van der Waals surface area contributed by atoms with Crippen LogP contribution in [0.4, 0.5) is 61.5 Å². The minimum absolute atomic E-state index is 4.27. The first kappa shape index (κ1) is 20.5. The van der Waals surface area contributed by atoms with Gasteiger partial charge >= 0.3 is 35.9 Å². The van der Waals surface area contributed by atoms with Gasteiger partial charge in [-0.05, 0) is 0 Å². The average molecular weight is 362 g/mol. The zero-order chi connectivity index (χ0) is 18.3. The van der Waals surface area contributed by atoms with Gasteiger partial charge in [0.25, 0.3) is 0 Å². The topological polar surface area (TPSA) is 0 Å². The van der Waals surface area contributed by atoms with Crippen LogP contribution in [0.1, 0.15) is 0 Å². The van der Waals surface area contributed by atoms with E-state index in [1.807, 2.05) is 0 Å². The number of rotatable bonds is 5. The molecule has 0 nitrogen and oxygen atoms in total. The third-order valence-corrected chi connectivity index (χ3v) is 2.07. The van der Waals surface area contributed by atoms with E-state index in [0.717, 1.165) is 0 Å². The highest BCUT2D eigenvalue weighted by Crippen LogP contribution is 2.57. The maximum atomic E-state index is 12.7. The van der Waals surface area contributed by atoms with E-state index in [0.29, 0.717) is 0 Å². The highest BCUT2D eigenvalue weighted by Gasteiger charge is 2.83. The Balaban J connectivity index is 6.32. The summed E-state index contributed by atoms with van der Waals surface area (Å²) < 4.78 is 171. The molecule has 0 aromatic heterocycles. The van der Waals surface area contributed by atoms with E-state index in [4.69, 9.17) is 0 Å². The second-order valence-corrected chi connectivity index (χ2v) is 3.45. The summed E-state index contributed by atoms with van der Waals surface area (Å²) in [4.78, 5) is 0. The fourth-order valence-electron chi connectivity index (χ4n) is 0.907. The van der Waals surface area contributed by atoms with Crippen LogP contribution in [0.15, 0.2) is 23.8 Å². The molecular formula is C8F14. The molecule has 0 aromatic carbocycles. The lowest BCUT2D eigenvalue weighted by atomic mass is 9.97. The van der Waals surface area contributed by atoms with Crippen molar-refractivity contribution in [3.8, 4) is 0 Å². The molecule has 0 unspecified atom stereocenters. The molecule has 0 radical (unpaired) electrons. The van der Waals surface area contributed by atoms with E-state index in [1.165, 1.54) is 0 Å². The standard InChI is InChI=1S/C8F14/c9-1(3(11)12)5(15,16)7(19,20)8(21,22)6(17,18)2(10)4(13)14. The van der Waals surface area contributed by atoms with E-state index >= 15 is 0 Å². The molecule has 0 spiro atoms. The first-order valence-electron chi connectivity index (χ1n) is 4.40. The quantitative estimate of drug-likeness (QED) is 0.552. The largest absolute Gasteiger partial charge is 0.385 e. The molecule has 0 aliphatic rings. The van der Waals surface area contributed by atoms with Gasteiger partial charge in [-0.1, -0.05) is 0 Å². The van der Waals surface area contributed by atoms with Gasteiger partial charge in [-0.2, -0.15) is 61.5 Å². The Kier molecular flexibility index (Phi) is 5.22. The van der Waals surface area contributed by atoms with Crippen LogP contribution in [-0.2, 0) is 0 Å². The normalized spacial score (nSPS) is 13.9. The fourth-order valence-corrected chi connectivity index (χ4v) is 0.907. The first-order valence-corrected chi connectivity index (χ1v) is 4.40. The third-order valence-electron chi connectivity index (χ3n) is 2.07. The van der Waals surface area contributed by atoms with Crippen molar-refractivity contribution < 1.29 is 61.5 Å². The molecule has 22 heavy (non-hydrogen) atoms. The predicted molar refractivity (Wildman–Crippen MR) is 40.5 cm³/mol. The van der Waals surface area contributed by atoms with E-state index in [9.17, 15) is 61.5 Å². The van der Waals surface area contributed by atoms with Gasteiger partial charge in [-0.15, -0.1) is 0 Å². The monoisotopic (exact) mass is 362 g/mol. The molecular weight excluding hydrogens is 362 g/mol. The highest BCUT2D eigenvalue weighted by atomic mass is 19.4. The molecule has 0 amide bonds. The van der Waals surface area contributed by atoms with Gasteiger partial charge in [0.15, 0.2) is 0 Å². The predicted octanol–water partition coefficient (Wildman–Crippen LogP) is 5.68. The summed E-state index contributed by atoms with van der Waals surface area (Å²) in [6, 6.07) is 0. The minimum Gasteiger partial charge on any atom is -0.199 e. The molecule has 0 bridgehead atoms. The van der Waals surface area contributed by atoms with Crippen LogP contribution in [0.5, 0.6) is 0 Å². The first-order chi connectivity index (χ1) is 9.46. The van der Waals surface area contributed by atoms with E-state index < -0.39 is 47.5 Å². The molecule has 0 fully saturated rings. The molecule has 0 N–H and O–H groups in total. The Bertz CT molecular complexity index is 443. The molecule has 0 aromatic rings. The smallest absolute Gasteiger partial charge is 0.199 e. The van der Waals surface area contributed by atoms with Crippen LogP contribution in [0.3, 0.4) is 0 Å². The summed E-state index contributed by atoms with van der Waals surface area (Å²) in [5.74, 6) is -38.9. The maximum absolute atomic E-state index is 12.7. The Hall–Kier alpha value is -1.50. The molecule has 14 heteroatoms. The highest BCUT2D eigenvalue weighted by molar-refractivity contribution is 5.21.